The van der Waals surface area contributed by atoms with Crippen molar-refractivity contribution in [2.75, 3.05) is 32.8 Å². The maximum absolute atomic E-state index is 12.4. The van der Waals surface area contributed by atoms with E-state index < -0.39 is 13.0 Å². The second kappa shape index (κ2) is 9.23. The molecule has 126 valence electrons. The zero-order valence-electron chi connectivity index (χ0n) is 12.7. The van der Waals surface area contributed by atoms with Crippen LogP contribution < -0.4 is 5.32 Å². The Morgan fingerprint density at radius 3 is 2.95 bits per heavy atom. The first-order chi connectivity index (χ1) is 10.1. The van der Waals surface area contributed by atoms with Gasteiger partial charge in [0.05, 0.1) is 19.3 Å². The number of aliphatic imine (C=N–C) groups is 1. The number of rotatable bonds is 4. The lowest BCUT2D eigenvalue weighted by molar-refractivity contribution is -0.00813. The molecule has 1 unspecified atom stereocenters. The molecule has 9 heteroatoms. The van der Waals surface area contributed by atoms with Crippen LogP contribution in [-0.2, 0) is 11.8 Å². The standard InChI is InChI=1S/C13H21F2N5O.HI/c1-3-16-13(17-7-12(14)15)20-4-5-21-11(9-20)10-6-18-19(2)8-10;/h6,8,11-12H,3-5,7,9H2,1-2H3,(H,16,17);1H. The van der Waals surface area contributed by atoms with E-state index in [0.717, 1.165) is 5.56 Å². The molecule has 1 saturated heterocycles. The minimum Gasteiger partial charge on any atom is -0.370 e. The van der Waals surface area contributed by atoms with Crippen LogP contribution in [0.3, 0.4) is 0 Å². The van der Waals surface area contributed by atoms with Gasteiger partial charge >= 0.3 is 0 Å². The van der Waals surface area contributed by atoms with Crippen LogP contribution in [0.2, 0.25) is 0 Å². The molecule has 0 bridgehead atoms. The van der Waals surface area contributed by atoms with Gasteiger partial charge in [-0.25, -0.2) is 13.8 Å². The molecule has 1 aromatic heterocycles. The molecule has 0 radical (unpaired) electrons. The normalized spacial score (nSPS) is 19.2. The number of hydrogen-bond acceptors (Lipinski definition) is 3. The zero-order valence-corrected chi connectivity index (χ0v) is 15.0. The Hall–Kier alpha value is -0.970. The van der Waals surface area contributed by atoms with E-state index in [-0.39, 0.29) is 30.1 Å². The van der Waals surface area contributed by atoms with Crippen molar-refractivity contribution in [1.29, 1.82) is 0 Å². The van der Waals surface area contributed by atoms with Gasteiger partial charge in [0.2, 0.25) is 0 Å². The Labute approximate surface area is 145 Å². The Kier molecular flexibility index (Phi) is 8.01. The van der Waals surface area contributed by atoms with Crippen LogP contribution in [0.1, 0.15) is 18.6 Å². The summed E-state index contributed by atoms with van der Waals surface area (Å²) in [7, 11) is 1.85. The van der Waals surface area contributed by atoms with Crippen LogP contribution in [0.25, 0.3) is 0 Å². The number of halogens is 3. The monoisotopic (exact) mass is 429 g/mol. The number of aryl methyl sites for hydroxylation is 1. The van der Waals surface area contributed by atoms with Crippen LogP contribution in [0, 0.1) is 0 Å². The first-order valence-electron chi connectivity index (χ1n) is 7.01. The van der Waals surface area contributed by atoms with Crippen molar-refractivity contribution >= 4 is 29.9 Å². The lowest BCUT2D eigenvalue weighted by Crippen LogP contribution is -2.48. The van der Waals surface area contributed by atoms with Gasteiger partial charge in [-0.1, -0.05) is 0 Å². The number of guanidine groups is 1. The van der Waals surface area contributed by atoms with E-state index >= 15 is 0 Å². The third-order valence-corrected chi connectivity index (χ3v) is 3.18. The quantitative estimate of drug-likeness (QED) is 0.450. The first-order valence-corrected chi connectivity index (χ1v) is 7.01. The SMILES string of the molecule is CCNC(=NCC(F)F)N1CCOC(c2cnn(C)c2)C1.I. The van der Waals surface area contributed by atoms with Crippen LogP contribution >= 0.6 is 24.0 Å². The summed E-state index contributed by atoms with van der Waals surface area (Å²) in [5, 5.41) is 7.18. The van der Waals surface area contributed by atoms with Crippen LogP contribution in [0.5, 0.6) is 0 Å². The fourth-order valence-corrected chi connectivity index (χ4v) is 2.23. The molecule has 0 spiro atoms. The van der Waals surface area contributed by atoms with Gasteiger partial charge in [-0.2, -0.15) is 5.10 Å². The van der Waals surface area contributed by atoms with Gasteiger partial charge < -0.3 is 15.0 Å². The van der Waals surface area contributed by atoms with Crippen LogP contribution in [-0.4, -0.2) is 59.9 Å². The molecular formula is C13H22F2IN5O. The highest BCUT2D eigenvalue weighted by Gasteiger charge is 2.25. The average Bonchev–Trinajstić information content (AvgIpc) is 2.90. The minimum atomic E-state index is -2.44. The molecule has 1 aliphatic heterocycles. The summed E-state index contributed by atoms with van der Waals surface area (Å²) in [5.41, 5.74) is 0.979. The van der Waals surface area contributed by atoms with Gasteiger partial charge in [0, 0.05) is 31.9 Å². The van der Waals surface area contributed by atoms with Gasteiger partial charge in [-0.3, -0.25) is 4.68 Å². The van der Waals surface area contributed by atoms with Crippen molar-refractivity contribution < 1.29 is 13.5 Å². The molecule has 2 rings (SSSR count). The van der Waals surface area contributed by atoms with Gasteiger partial charge in [0.15, 0.2) is 5.96 Å². The maximum atomic E-state index is 12.4. The van der Waals surface area contributed by atoms with Gasteiger partial charge in [-0.05, 0) is 6.92 Å². The largest absolute Gasteiger partial charge is 0.370 e. The number of hydrogen-bond donors (Lipinski definition) is 1. The van der Waals surface area contributed by atoms with Crippen LogP contribution in [0.4, 0.5) is 8.78 Å². The summed E-state index contributed by atoms with van der Waals surface area (Å²) in [4.78, 5) is 5.93. The van der Waals surface area contributed by atoms with E-state index in [0.29, 0.717) is 32.2 Å². The predicted octanol–water partition coefficient (Wildman–Crippen LogP) is 1.64. The Bertz CT molecular complexity index is 483. The molecule has 1 aromatic rings. The molecule has 0 aromatic carbocycles. The number of nitrogens with zero attached hydrogens (tertiary/aromatic N) is 4. The molecule has 0 aliphatic carbocycles. The Balaban J connectivity index is 0.00000242. The third-order valence-electron chi connectivity index (χ3n) is 3.18. The summed E-state index contributed by atoms with van der Waals surface area (Å²) in [6.07, 6.45) is 1.10. The van der Waals surface area contributed by atoms with Gasteiger partial charge in [0.1, 0.15) is 12.6 Å². The lowest BCUT2D eigenvalue weighted by Gasteiger charge is -2.34. The molecular weight excluding hydrogens is 407 g/mol. The molecule has 1 N–H and O–H groups in total. The number of aromatic nitrogens is 2. The minimum absolute atomic E-state index is 0. The van der Waals surface area contributed by atoms with Crippen molar-refractivity contribution in [2.24, 2.45) is 12.0 Å². The molecule has 0 saturated carbocycles. The molecule has 22 heavy (non-hydrogen) atoms. The first kappa shape index (κ1) is 19.1. The summed E-state index contributed by atoms with van der Waals surface area (Å²) in [6, 6.07) is 0. The highest BCUT2D eigenvalue weighted by atomic mass is 127. The number of alkyl halides is 2. The van der Waals surface area contributed by atoms with Crippen molar-refractivity contribution in [3.63, 3.8) is 0 Å². The molecule has 1 aliphatic rings. The van der Waals surface area contributed by atoms with E-state index in [2.05, 4.69) is 15.4 Å². The highest BCUT2D eigenvalue weighted by molar-refractivity contribution is 14.0. The third kappa shape index (κ3) is 5.34. The van der Waals surface area contributed by atoms with E-state index in [9.17, 15) is 8.78 Å². The summed E-state index contributed by atoms with van der Waals surface area (Å²) in [6.45, 7) is 3.79. The fraction of sp³-hybridized carbons (Fsp3) is 0.692. The molecule has 6 nitrogen and oxygen atoms in total. The summed E-state index contributed by atoms with van der Waals surface area (Å²) in [5.74, 6) is 0.509. The summed E-state index contributed by atoms with van der Waals surface area (Å²) >= 11 is 0. The molecule has 1 fully saturated rings. The van der Waals surface area contributed by atoms with Crippen molar-refractivity contribution in [3.8, 4) is 0 Å². The topological polar surface area (TPSA) is 54.7 Å². The van der Waals surface area contributed by atoms with Crippen molar-refractivity contribution in [1.82, 2.24) is 20.0 Å². The molecule has 0 amide bonds. The molecule has 1 atom stereocenters. The van der Waals surface area contributed by atoms with E-state index in [1.54, 1.807) is 10.9 Å². The number of ether oxygens (including phenoxy) is 1. The summed E-state index contributed by atoms with van der Waals surface area (Å²) < 4.78 is 32.2. The fourth-order valence-electron chi connectivity index (χ4n) is 2.23. The molecule has 2 heterocycles. The number of morpholine rings is 1. The maximum Gasteiger partial charge on any atom is 0.257 e. The van der Waals surface area contributed by atoms with Gasteiger partial charge in [0.25, 0.3) is 6.43 Å². The van der Waals surface area contributed by atoms with Crippen molar-refractivity contribution in [3.05, 3.63) is 18.0 Å². The van der Waals surface area contributed by atoms with E-state index in [1.807, 2.05) is 25.1 Å². The Morgan fingerprint density at radius 1 is 1.59 bits per heavy atom. The predicted molar refractivity (Wildman–Crippen MR) is 90.9 cm³/mol. The lowest BCUT2D eigenvalue weighted by atomic mass is 10.1. The smallest absolute Gasteiger partial charge is 0.257 e. The Morgan fingerprint density at radius 2 is 2.36 bits per heavy atom. The number of nitrogens with one attached hydrogen (secondary N) is 1. The highest BCUT2D eigenvalue weighted by Crippen LogP contribution is 2.21. The second-order valence-corrected chi connectivity index (χ2v) is 4.84. The zero-order chi connectivity index (χ0) is 15.2. The van der Waals surface area contributed by atoms with Crippen LogP contribution in [0.15, 0.2) is 17.4 Å². The van der Waals surface area contributed by atoms with Crippen molar-refractivity contribution in [2.45, 2.75) is 19.5 Å². The average molecular weight is 429 g/mol. The second-order valence-electron chi connectivity index (χ2n) is 4.84. The van der Waals surface area contributed by atoms with E-state index in [4.69, 9.17) is 4.74 Å². The van der Waals surface area contributed by atoms with E-state index in [1.165, 1.54) is 0 Å². The van der Waals surface area contributed by atoms with Gasteiger partial charge in [-0.15, -0.1) is 24.0 Å².